The van der Waals surface area contributed by atoms with Gasteiger partial charge in [-0.25, -0.2) is 0 Å². The molecule has 0 atom stereocenters. The van der Waals surface area contributed by atoms with E-state index in [1.807, 2.05) is 56.4 Å². The highest BCUT2D eigenvalue weighted by atomic mass is 16.2. The highest BCUT2D eigenvalue weighted by Gasteiger charge is 2.23. The van der Waals surface area contributed by atoms with E-state index in [4.69, 9.17) is 0 Å². The molecular weight excluding hydrogens is 364 g/mol. The number of nitrogens with zero attached hydrogens (tertiary/aromatic N) is 3. The van der Waals surface area contributed by atoms with Gasteiger partial charge in [0.2, 0.25) is 0 Å². The summed E-state index contributed by atoms with van der Waals surface area (Å²) in [5.74, 6) is -0.441. The van der Waals surface area contributed by atoms with E-state index in [1.165, 1.54) is 0 Å². The number of nitrogens with one attached hydrogen (secondary N) is 1. The molecule has 1 aliphatic heterocycles. The van der Waals surface area contributed by atoms with Gasteiger partial charge in [0.15, 0.2) is 0 Å². The summed E-state index contributed by atoms with van der Waals surface area (Å²) in [4.78, 5) is 31.9. The zero-order valence-corrected chi connectivity index (χ0v) is 17.3. The van der Waals surface area contributed by atoms with Gasteiger partial charge in [-0.05, 0) is 43.0 Å². The second-order valence-electron chi connectivity index (χ2n) is 7.46. The van der Waals surface area contributed by atoms with Crippen LogP contribution in [-0.2, 0) is 4.79 Å². The molecule has 29 heavy (non-hydrogen) atoms. The number of likely N-dealkylation sites (N-methyl/N-ethyl adjacent to an activating group) is 1. The number of piperazine rings is 1. The van der Waals surface area contributed by atoms with Crippen molar-refractivity contribution in [2.24, 2.45) is 0 Å². The van der Waals surface area contributed by atoms with Gasteiger partial charge in [-0.15, -0.1) is 0 Å². The summed E-state index contributed by atoms with van der Waals surface area (Å²) in [6.45, 7) is 2.94. The minimum atomic E-state index is -0.288. The van der Waals surface area contributed by atoms with Gasteiger partial charge in [0.25, 0.3) is 11.8 Å². The highest BCUT2D eigenvalue weighted by Crippen LogP contribution is 2.16. The molecule has 1 aliphatic rings. The van der Waals surface area contributed by atoms with Gasteiger partial charge in [-0.2, -0.15) is 0 Å². The van der Waals surface area contributed by atoms with Crippen molar-refractivity contribution in [3.05, 3.63) is 71.4 Å². The molecule has 1 N–H and O–H groups in total. The van der Waals surface area contributed by atoms with Crippen LogP contribution in [0.1, 0.15) is 15.9 Å². The molecule has 6 heteroatoms. The lowest BCUT2D eigenvalue weighted by molar-refractivity contribution is -0.128. The Balaban J connectivity index is 1.86. The van der Waals surface area contributed by atoms with Crippen molar-refractivity contribution in [1.29, 1.82) is 0 Å². The normalized spacial score (nSPS) is 15.1. The van der Waals surface area contributed by atoms with E-state index in [1.54, 1.807) is 35.2 Å². The third-order valence-corrected chi connectivity index (χ3v) is 5.03. The predicted octanol–water partition coefficient (Wildman–Crippen LogP) is 2.30. The first-order valence-corrected chi connectivity index (χ1v) is 9.77. The number of hydrogen-bond acceptors (Lipinski definition) is 4. The van der Waals surface area contributed by atoms with Crippen LogP contribution in [0.3, 0.4) is 0 Å². The largest absolute Gasteiger partial charge is 0.378 e. The van der Waals surface area contributed by atoms with Crippen molar-refractivity contribution in [3.63, 3.8) is 0 Å². The maximum Gasteiger partial charge on any atom is 0.270 e. The Labute approximate surface area is 172 Å². The standard InChI is InChI=1S/C23H28N4O2/c1-25(2)20-11-9-18(10-12-20)17-21(23(29)27-15-13-26(3)14-16-27)24-22(28)19-7-5-4-6-8-19/h4-12,17H,13-16H2,1-3H3,(H,24,28)/b21-17+. The monoisotopic (exact) mass is 392 g/mol. The van der Waals surface area contributed by atoms with Crippen LogP contribution in [-0.4, -0.2) is 68.9 Å². The molecule has 2 aromatic rings. The van der Waals surface area contributed by atoms with E-state index in [0.29, 0.717) is 24.4 Å². The van der Waals surface area contributed by atoms with Gasteiger partial charge in [-0.3, -0.25) is 9.59 Å². The molecule has 0 spiro atoms. The Bertz CT molecular complexity index is 868. The molecule has 1 saturated heterocycles. The molecule has 0 saturated carbocycles. The van der Waals surface area contributed by atoms with Gasteiger partial charge >= 0.3 is 0 Å². The fraction of sp³-hybridized carbons (Fsp3) is 0.304. The third-order valence-electron chi connectivity index (χ3n) is 5.03. The summed E-state index contributed by atoms with van der Waals surface area (Å²) in [6.07, 6.45) is 1.75. The second kappa shape index (κ2) is 9.39. The molecule has 0 radical (unpaired) electrons. The smallest absolute Gasteiger partial charge is 0.270 e. The minimum Gasteiger partial charge on any atom is -0.378 e. The van der Waals surface area contributed by atoms with Crippen LogP contribution in [0.5, 0.6) is 0 Å². The number of carbonyl (C=O) groups excluding carboxylic acids is 2. The van der Waals surface area contributed by atoms with Crippen LogP contribution in [0.2, 0.25) is 0 Å². The first-order chi connectivity index (χ1) is 13.9. The number of anilines is 1. The molecule has 0 bridgehead atoms. The van der Waals surface area contributed by atoms with Gasteiger partial charge in [-0.1, -0.05) is 30.3 Å². The van der Waals surface area contributed by atoms with E-state index in [0.717, 1.165) is 24.3 Å². The summed E-state index contributed by atoms with van der Waals surface area (Å²) in [5.41, 5.74) is 2.75. The maximum atomic E-state index is 13.2. The second-order valence-corrected chi connectivity index (χ2v) is 7.46. The molecule has 0 aliphatic carbocycles. The molecule has 3 rings (SSSR count). The third kappa shape index (κ3) is 5.45. The lowest BCUT2D eigenvalue weighted by Crippen LogP contribution is -2.49. The Hall–Kier alpha value is -3.12. The van der Waals surface area contributed by atoms with E-state index in [9.17, 15) is 9.59 Å². The van der Waals surface area contributed by atoms with Crippen molar-refractivity contribution >= 4 is 23.6 Å². The van der Waals surface area contributed by atoms with Crippen molar-refractivity contribution < 1.29 is 9.59 Å². The maximum absolute atomic E-state index is 13.2. The van der Waals surface area contributed by atoms with E-state index < -0.39 is 0 Å². The lowest BCUT2D eigenvalue weighted by Gasteiger charge is -2.33. The molecule has 2 amide bonds. The SMILES string of the molecule is CN1CCN(C(=O)/C(=C\c2ccc(N(C)C)cc2)NC(=O)c2ccccc2)CC1. The Morgan fingerprint density at radius 3 is 2.14 bits per heavy atom. The average Bonchev–Trinajstić information content (AvgIpc) is 2.74. The van der Waals surface area contributed by atoms with Crippen LogP contribution < -0.4 is 10.2 Å². The Morgan fingerprint density at radius 1 is 0.931 bits per heavy atom. The summed E-state index contributed by atoms with van der Waals surface area (Å²) in [7, 11) is 6.00. The Morgan fingerprint density at radius 2 is 1.55 bits per heavy atom. The number of carbonyl (C=O) groups is 2. The lowest BCUT2D eigenvalue weighted by atomic mass is 10.1. The topological polar surface area (TPSA) is 55.9 Å². The molecule has 1 fully saturated rings. The van der Waals surface area contributed by atoms with Gasteiger partial charge in [0, 0.05) is 51.5 Å². The number of hydrogen-bond donors (Lipinski definition) is 1. The van der Waals surface area contributed by atoms with Crippen molar-refractivity contribution in [1.82, 2.24) is 15.1 Å². The fourth-order valence-electron chi connectivity index (χ4n) is 3.15. The summed E-state index contributed by atoms with van der Waals surface area (Å²) < 4.78 is 0. The van der Waals surface area contributed by atoms with Crippen LogP contribution >= 0.6 is 0 Å². The van der Waals surface area contributed by atoms with Crippen molar-refractivity contribution in [3.8, 4) is 0 Å². The molecular formula is C23H28N4O2. The molecule has 0 unspecified atom stereocenters. The minimum absolute atomic E-state index is 0.154. The zero-order chi connectivity index (χ0) is 20.8. The quantitative estimate of drug-likeness (QED) is 0.794. The molecule has 6 nitrogen and oxygen atoms in total. The zero-order valence-electron chi connectivity index (χ0n) is 17.3. The average molecular weight is 393 g/mol. The van der Waals surface area contributed by atoms with Gasteiger partial charge in [0.05, 0.1) is 0 Å². The molecule has 2 aromatic carbocycles. The molecule has 0 aromatic heterocycles. The number of rotatable bonds is 5. The van der Waals surface area contributed by atoms with Crippen LogP contribution in [0, 0.1) is 0 Å². The fourth-order valence-corrected chi connectivity index (χ4v) is 3.15. The van der Waals surface area contributed by atoms with Gasteiger partial charge < -0.3 is 20.0 Å². The predicted molar refractivity (Wildman–Crippen MR) is 117 cm³/mol. The van der Waals surface area contributed by atoms with E-state index in [2.05, 4.69) is 10.2 Å². The van der Waals surface area contributed by atoms with Crippen LogP contribution in [0.4, 0.5) is 5.69 Å². The number of benzene rings is 2. The Kier molecular flexibility index (Phi) is 6.67. The van der Waals surface area contributed by atoms with Crippen LogP contribution in [0.15, 0.2) is 60.3 Å². The van der Waals surface area contributed by atoms with Crippen LogP contribution in [0.25, 0.3) is 6.08 Å². The van der Waals surface area contributed by atoms with E-state index in [-0.39, 0.29) is 11.8 Å². The molecule has 1 heterocycles. The summed E-state index contributed by atoms with van der Waals surface area (Å²) in [5, 5.41) is 2.83. The molecule has 152 valence electrons. The highest BCUT2D eigenvalue weighted by molar-refractivity contribution is 6.05. The number of amides is 2. The first-order valence-electron chi connectivity index (χ1n) is 9.77. The van der Waals surface area contributed by atoms with Crippen molar-refractivity contribution in [2.45, 2.75) is 0 Å². The van der Waals surface area contributed by atoms with Crippen molar-refractivity contribution in [2.75, 3.05) is 52.2 Å². The van der Waals surface area contributed by atoms with Gasteiger partial charge in [0.1, 0.15) is 5.70 Å². The summed E-state index contributed by atoms with van der Waals surface area (Å²) >= 11 is 0. The first kappa shape index (κ1) is 20.6. The van der Waals surface area contributed by atoms with E-state index >= 15 is 0 Å². The summed E-state index contributed by atoms with van der Waals surface area (Å²) in [6, 6.07) is 16.8.